The molecule has 0 N–H and O–H groups in total. The van der Waals surface area contributed by atoms with E-state index >= 15 is 0 Å². The normalized spacial score (nSPS) is 50.3. The summed E-state index contributed by atoms with van der Waals surface area (Å²) in [5, 5.41) is 0. The minimum Gasteiger partial charge on any atom is -0.462 e. The average Bonchev–Trinajstić information content (AvgIpc) is 3.18. The van der Waals surface area contributed by atoms with E-state index < -0.39 is 0 Å². The van der Waals surface area contributed by atoms with Crippen molar-refractivity contribution in [2.24, 2.45) is 56.7 Å². The van der Waals surface area contributed by atoms with E-state index in [9.17, 15) is 4.79 Å². The molecule has 210 valence electrons. The first kappa shape index (κ1) is 27.7. The quantitative estimate of drug-likeness (QED) is 0.273. The summed E-state index contributed by atoms with van der Waals surface area (Å²) >= 11 is 0. The largest absolute Gasteiger partial charge is 0.462 e. The second-order valence-corrected chi connectivity index (χ2v) is 15.9. The van der Waals surface area contributed by atoms with Gasteiger partial charge in [0.05, 0.1) is 13.0 Å². The van der Waals surface area contributed by atoms with Crippen LogP contribution in [0.3, 0.4) is 0 Å². The molecular weight excluding hydrogens is 456 g/mol. The van der Waals surface area contributed by atoms with E-state index in [0.29, 0.717) is 40.6 Å². The lowest BCUT2D eigenvalue weighted by Gasteiger charge is -2.73. The molecule has 0 aliphatic heterocycles. The van der Waals surface area contributed by atoms with Crippen molar-refractivity contribution >= 4 is 5.97 Å². The molecule has 0 aromatic rings. The third-order valence-corrected chi connectivity index (χ3v) is 14.2. The Morgan fingerprint density at radius 1 is 0.838 bits per heavy atom. The summed E-state index contributed by atoms with van der Waals surface area (Å²) in [4.78, 5) is 12.6. The SMILES string of the molecule is C=C(C)[C@@H]1CC[C@]2(C)CC[C@]3(C)[C@H](CC[C@@H]4[C@@]5(C)CCC(OC(=O)CCOC)C(C)(C)C5CC[C@]43C)C12. The van der Waals surface area contributed by atoms with Gasteiger partial charge in [0.2, 0.25) is 0 Å². The molecule has 0 aromatic heterocycles. The maximum Gasteiger partial charge on any atom is 0.308 e. The first-order valence-corrected chi connectivity index (χ1v) is 15.6. The van der Waals surface area contributed by atoms with Gasteiger partial charge in [-0.15, -0.1) is 0 Å². The molecule has 0 heterocycles. The maximum atomic E-state index is 12.6. The van der Waals surface area contributed by atoms with Crippen LogP contribution in [0.15, 0.2) is 12.2 Å². The zero-order valence-corrected chi connectivity index (χ0v) is 25.4. The van der Waals surface area contributed by atoms with Gasteiger partial charge in [0.1, 0.15) is 6.10 Å². The molecule has 10 atom stereocenters. The summed E-state index contributed by atoms with van der Waals surface area (Å²) in [5.41, 5.74) is 3.11. The summed E-state index contributed by atoms with van der Waals surface area (Å²) in [7, 11) is 1.65. The fourth-order valence-corrected chi connectivity index (χ4v) is 12.1. The fourth-order valence-electron chi connectivity index (χ4n) is 12.1. The van der Waals surface area contributed by atoms with E-state index in [4.69, 9.17) is 9.47 Å². The van der Waals surface area contributed by atoms with E-state index in [1.807, 2.05) is 0 Å². The number of allylic oxidation sites excluding steroid dienone is 1. The highest BCUT2D eigenvalue weighted by Crippen LogP contribution is 2.77. The van der Waals surface area contributed by atoms with Crippen molar-refractivity contribution in [2.45, 2.75) is 125 Å². The Bertz CT molecular complexity index is 922. The van der Waals surface area contributed by atoms with Crippen molar-refractivity contribution in [1.29, 1.82) is 0 Å². The van der Waals surface area contributed by atoms with Gasteiger partial charge < -0.3 is 9.47 Å². The molecule has 5 fully saturated rings. The summed E-state index contributed by atoms with van der Waals surface area (Å²) in [5.74, 6) is 3.66. The van der Waals surface area contributed by atoms with Crippen LogP contribution in [0.5, 0.6) is 0 Å². The molecule has 3 heteroatoms. The Morgan fingerprint density at radius 2 is 1.57 bits per heavy atom. The van der Waals surface area contributed by atoms with E-state index in [1.165, 1.54) is 63.4 Å². The van der Waals surface area contributed by atoms with Crippen molar-refractivity contribution in [1.82, 2.24) is 0 Å². The molecule has 0 amide bonds. The Morgan fingerprint density at radius 3 is 2.24 bits per heavy atom. The number of carbonyl (C=O) groups excluding carboxylic acids is 1. The lowest BCUT2D eigenvalue weighted by molar-refractivity contribution is -0.249. The van der Waals surface area contributed by atoms with Gasteiger partial charge in [-0.05, 0) is 122 Å². The van der Waals surface area contributed by atoms with Gasteiger partial charge in [0.15, 0.2) is 0 Å². The Balaban J connectivity index is 1.43. The number of fused-ring (bicyclic) bond motifs is 7. The number of rotatable bonds is 5. The van der Waals surface area contributed by atoms with E-state index in [2.05, 4.69) is 55.0 Å². The predicted molar refractivity (Wildman–Crippen MR) is 151 cm³/mol. The summed E-state index contributed by atoms with van der Waals surface area (Å²) in [6.07, 6.45) is 13.6. The first-order valence-electron chi connectivity index (χ1n) is 15.6. The summed E-state index contributed by atoms with van der Waals surface area (Å²) in [6, 6.07) is 0. The Kier molecular flexibility index (Phi) is 6.82. The van der Waals surface area contributed by atoms with E-state index in [1.54, 1.807) is 7.11 Å². The maximum absolute atomic E-state index is 12.6. The van der Waals surface area contributed by atoms with Gasteiger partial charge in [-0.25, -0.2) is 0 Å². The molecule has 37 heavy (non-hydrogen) atoms. The highest BCUT2D eigenvalue weighted by Gasteiger charge is 2.70. The fraction of sp³-hybridized carbons (Fsp3) is 0.912. The second kappa shape index (κ2) is 9.10. The van der Waals surface area contributed by atoms with Crippen LogP contribution in [0.25, 0.3) is 0 Å². The van der Waals surface area contributed by atoms with Gasteiger partial charge >= 0.3 is 5.97 Å². The number of esters is 1. The first-order chi connectivity index (χ1) is 17.2. The van der Waals surface area contributed by atoms with Crippen molar-refractivity contribution in [2.75, 3.05) is 13.7 Å². The molecule has 0 bridgehead atoms. The zero-order chi connectivity index (χ0) is 27.0. The van der Waals surface area contributed by atoms with Crippen molar-refractivity contribution in [3.05, 3.63) is 12.2 Å². The van der Waals surface area contributed by atoms with Crippen LogP contribution in [0.4, 0.5) is 0 Å². The molecule has 0 spiro atoms. The van der Waals surface area contributed by atoms with Gasteiger partial charge in [0, 0.05) is 12.5 Å². The van der Waals surface area contributed by atoms with Crippen LogP contribution >= 0.6 is 0 Å². The zero-order valence-electron chi connectivity index (χ0n) is 25.4. The van der Waals surface area contributed by atoms with Crippen LogP contribution in [0.2, 0.25) is 0 Å². The molecular formula is C34H56O3. The van der Waals surface area contributed by atoms with Gasteiger partial charge in [-0.3, -0.25) is 4.79 Å². The number of hydrogen-bond acceptors (Lipinski definition) is 3. The Labute approximate surface area is 227 Å². The molecule has 3 unspecified atom stereocenters. The van der Waals surface area contributed by atoms with Crippen molar-refractivity contribution in [3.63, 3.8) is 0 Å². The minimum absolute atomic E-state index is 0.0104. The third-order valence-electron chi connectivity index (χ3n) is 14.2. The van der Waals surface area contributed by atoms with Crippen molar-refractivity contribution < 1.29 is 14.3 Å². The van der Waals surface area contributed by atoms with Crippen LogP contribution in [-0.4, -0.2) is 25.8 Å². The summed E-state index contributed by atoms with van der Waals surface area (Å²) in [6.45, 7) is 22.8. The lowest BCUT2D eigenvalue weighted by Crippen LogP contribution is -2.66. The van der Waals surface area contributed by atoms with Crippen molar-refractivity contribution in [3.8, 4) is 0 Å². The van der Waals surface area contributed by atoms with Gasteiger partial charge in [-0.2, -0.15) is 0 Å². The minimum atomic E-state index is -0.0916. The predicted octanol–water partition coefficient (Wildman–Crippen LogP) is 8.61. The van der Waals surface area contributed by atoms with E-state index in [-0.39, 0.29) is 17.5 Å². The highest BCUT2D eigenvalue weighted by molar-refractivity contribution is 5.69. The molecule has 5 rings (SSSR count). The molecule has 0 radical (unpaired) electrons. The smallest absolute Gasteiger partial charge is 0.308 e. The topological polar surface area (TPSA) is 35.5 Å². The molecule has 5 saturated carbocycles. The molecule has 0 saturated heterocycles. The second-order valence-electron chi connectivity index (χ2n) is 15.9. The monoisotopic (exact) mass is 512 g/mol. The molecule has 5 aliphatic carbocycles. The van der Waals surface area contributed by atoms with Crippen LogP contribution in [-0.2, 0) is 14.3 Å². The van der Waals surface area contributed by atoms with Gasteiger partial charge in [0.25, 0.3) is 0 Å². The molecule has 3 nitrogen and oxygen atoms in total. The number of methoxy groups -OCH3 is 1. The van der Waals surface area contributed by atoms with Crippen LogP contribution < -0.4 is 0 Å². The summed E-state index contributed by atoms with van der Waals surface area (Å²) < 4.78 is 11.3. The standard InChI is InChI=1S/C34H56O3/c1-22(2)23-12-16-31(5)19-20-33(7)24(29(23)31)10-11-26-32(6)17-14-27(37-28(35)15-21-36-9)30(3,4)25(32)13-18-34(26,33)8/h23-27,29H,1,10-21H2,2-9H3/t23-,24+,25?,26+,27?,29?,31+,32-,33+,34+/m0/s1. The van der Waals surface area contributed by atoms with Crippen LogP contribution in [0, 0.1) is 56.7 Å². The highest BCUT2D eigenvalue weighted by atomic mass is 16.5. The molecule has 0 aromatic carbocycles. The number of carbonyl (C=O) groups is 1. The Hall–Kier alpha value is -0.830. The third kappa shape index (κ3) is 3.86. The van der Waals surface area contributed by atoms with Gasteiger partial charge in [-0.1, -0.05) is 53.7 Å². The molecule has 5 aliphatic rings. The lowest BCUT2D eigenvalue weighted by atomic mass is 9.32. The van der Waals surface area contributed by atoms with E-state index in [0.717, 1.165) is 30.1 Å². The number of hydrogen-bond donors (Lipinski definition) is 0. The number of ether oxygens (including phenoxy) is 2. The average molecular weight is 513 g/mol. The van der Waals surface area contributed by atoms with Crippen LogP contribution in [0.1, 0.15) is 119 Å².